The van der Waals surface area contributed by atoms with Gasteiger partial charge in [0.1, 0.15) is 18.3 Å². The Balaban J connectivity index is 1.08. The normalized spacial score (nSPS) is 41.1. The Hall–Kier alpha value is -2.10. The van der Waals surface area contributed by atoms with E-state index >= 15 is 0 Å². The van der Waals surface area contributed by atoms with Gasteiger partial charge in [-0.1, -0.05) is 72.8 Å². The number of fused-ring (bicyclic) bond motifs is 4. The van der Waals surface area contributed by atoms with E-state index in [2.05, 4.69) is 50.3 Å². The lowest BCUT2D eigenvalue weighted by Gasteiger charge is -2.57. The third-order valence-corrected chi connectivity index (χ3v) is 9.72. The van der Waals surface area contributed by atoms with E-state index in [-0.39, 0.29) is 48.8 Å². The van der Waals surface area contributed by atoms with Crippen molar-refractivity contribution in [2.45, 2.75) is 119 Å². The molecule has 0 aromatic heterocycles. The van der Waals surface area contributed by atoms with Crippen LogP contribution in [-0.4, -0.2) is 73.2 Å². The Labute approximate surface area is 249 Å². The molecule has 0 N–H and O–H groups in total. The highest BCUT2D eigenvalue weighted by Gasteiger charge is 2.59. The average Bonchev–Trinajstić information content (AvgIpc) is 3.13. The second-order valence-corrected chi connectivity index (χ2v) is 13.0. The Morgan fingerprint density at radius 1 is 0.786 bits per heavy atom. The third kappa shape index (κ3) is 5.98. The largest absolute Gasteiger partial charge is 0.375 e. The number of rotatable bonds is 7. The molecule has 5 heterocycles. The molecule has 0 saturated carbocycles. The van der Waals surface area contributed by atoms with Crippen LogP contribution in [0.25, 0.3) is 0 Å². The van der Waals surface area contributed by atoms with Crippen LogP contribution in [0.4, 0.5) is 0 Å². The van der Waals surface area contributed by atoms with Crippen LogP contribution >= 0.6 is 0 Å². The van der Waals surface area contributed by atoms with E-state index in [9.17, 15) is 0 Å². The molecule has 0 radical (unpaired) electrons. The van der Waals surface area contributed by atoms with Gasteiger partial charge in [0, 0.05) is 25.9 Å². The molecular weight excluding hydrogens is 532 g/mol. The van der Waals surface area contributed by atoms with Gasteiger partial charge in [0.15, 0.2) is 0 Å². The lowest BCUT2D eigenvalue weighted by molar-refractivity contribution is -0.324. The summed E-state index contributed by atoms with van der Waals surface area (Å²) in [5.41, 5.74) is 1.17. The van der Waals surface area contributed by atoms with Gasteiger partial charge in [-0.15, -0.1) is 0 Å². The van der Waals surface area contributed by atoms with Gasteiger partial charge in [-0.25, -0.2) is 0 Å². The zero-order valence-corrected chi connectivity index (χ0v) is 24.8. The Kier molecular flexibility index (Phi) is 8.27. The van der Waals surface area contributed by atoms with Crippen molar-refractivity contribution in [2.24, 2.45) is 0 Å². The van der Waals surface area contributed by atoms with Crippen molar-refractivity contribution in [3.8, 4) is 0 Å². The smallest absolute Gasteiger partial charge is 0.108 e. The molecule has 0 spiro atoms. The second-order valence-electron chi connectivity index (χ2n) is 13.0. The van der Waals surface area contributed by atoms with E-state index < -0.39 is 11.2 Å². The molecule has 7 rings (SSSR count). The van der Waals surface area contributed by atoms with Gasteiger partial charge in [0.25, 0.3) is 0 Å². The van der Waals surface area contributed by atoms with Gasteiger partial charge in [0.05, 0.1) is 61.5 Å². The summed E-state index contributed by atoms with van der Waals surface area (Å²) in [6.45, 7) is 6.63. The number of hydrogen-bond acceptors (Lipinski definition) is 7. The van der Waals surface area contributed by atoms with Crippen LogP contribution in [0.1, 0.15) is 57.1 Å². The molecule has 0 amide bonds. The molecule has 0 aliphatic carbocycles. The van der Waals surface area contributed by atoms with Crippen LogP contribution in [0.5, 0.6) is 0 Å². The van der Waals surface area contributed by atoms with E-state index in [0.29, 0.717) is 26.2 Å². The molecule has 2 aromatic rings. The molecule has 4 fully saturated rings. The number of hydrogen-bond donors (Lipinski definition) is 0. The third-order valence-electron chi connectivity index (χ3n) is 9.72. The number of benzene rings is 2. The van der Waals surface area contributed by atoms with E-state index in [1.54, 1.807) is 0 Å². The molecule has 7 nitrogen and oxygen atoms in total. The standard InChI is InChI=1S/C35H44O7/c1-34-23-35(2)33(40-32(34)16-15-27-30(41-34)18-28-26(39-27)14-9-17-37-28)19-29(38-21-25-12-7-4-8-13-25)31(42-35)22-36-20-24-10-5-3-6-11-24/h3-8,10-13,15-16,26-33H,9,14,17-23H2,1-2H3/t26-,27+,28+,29-,30-,31+,32-,33+,34+,35-/m0/s1. The predicted molar refractivity (Wildman–Crippen MR) is 157 cm³/mol. The first-order valence-electron chi connectivity index (χ1n) is 15.7. The minimum absolute atomic E-state index is 0.0742. The molecule has 226 valence electrons. The molecule has 0 unspecified atom stereocenters. The summed E-state index contributed by atoms with van der Waals surface area (Å²) >= 11 is 0. The van der Waals surface area contributed by atoms with Crippen molar-refractivity contribution < 1.29 is 33.2 Å². The van der Waals surface area contributed by atoms with Gasteiger partial charge in [-0.05, 0) is 37.8 Å². The number of ether oxygens (including phenoxy) is 7. The minimum atomic E-state index is -0.556. The molecule has 0 bridgehead atoms. The average molecular weight is 577 g/mol. The minimum Gasteiger partial charge on any atom is -0.375 e. The van der Waals surface area contributed by atoms with Gasteiger partial charge < -0.3 is 33.2 Å². The molecule has 5 aliphatic rings. The molecule has 2 aromatic carbocycles. The highest BCUT2D eigenvalue weighted by Crippen LogP contribution is 2.49. The van der Waals surface area contributed by atoms with E-state index in [4.69, 9.17) is 33.2 Å². The van der Waals surface area contributed by atoms with E-state index in [0.717, 1.165) is 43.4 Å². The summed E-state index contributed by atoms with van der Waals surface area (Å²) < 4.78 is 46.1. The summed E-state index contributed by atoms with van der Waals surface area (Å²) in [4.78, 5) is 0. The van der Waals surface area contributed by atoms with Gasteiger partial charge in [-0.2, -0.15) is 0 Å². The topological polar surface area (TPSA) is 64.6 Å². The second kappa shape index (κ2) is 12.1. The van der Waals surface area contributed by atoms with Crippen LogP contribution < -0.4 is 0 Å². The molecule has 4 saturated heterocycles. The fourth-order valence-corrected chi connectivity index (χ4v) is 7.58. The highest BCUT2D eigenvalue weighted by molar-refractivity contribution is 5.17. The van der Waals surface area contributed by atoms with Crippen molar-refractivity contribution in [3.05, 3.63) is 83.9 Å². The molecule has 5 aliphatic heterocycles. The quantitative estimate of drug-likeness (QED) is 0.401. The fraction of sp³-hybridized carbons (Fsp3) is 0.600. The Bertz CT molecular complexity index is 1210. The zero-order valence-electron chi connectivity index (χ0n) is 24.8. The Morgan fingerprint density at radius 3 is 2.33 bits per heavy atom. The van der Waals surface area contributed by atoms with Crippen molar-refractivity contribution >= 4 is 0 Å². The summed E-state index contributed by atoms with van der Waals surface area (Å²) in [5, 5.41) is 0. The SMILES string of the molecule is C[C@@]12C[C@]3(C)O[C@H](COCc4ccccc4)[C@@H](OCc4ccccc4)C[C@H]3O[C@H]1C=C[C@H]1O[C@H]3CCCO[C@@H]3C[C@@H]1O2. The summed E-state index contributed by atoms with van der Waals surface area (Å²) in [5.74, 6) is 0. The van der Waals surface area contributed by atoms with Crippen LogP contribution in [0.3, 0.4) is 0 Å². The monoisotopic (exact) mass is 576 g/mol. The van der Waals surface area contributed by atoms with Crippen LogP contribution in [0, 0.1) is 0 Å². The van der Waals surface area contributed by atoms with E-state index in [1.807, 2.05) is 36.4 Å². The Morgan fingerprint density at radius 2 is 1.55 bits per heavy atom. The first kappa shape index (κ1) is 28.7. The van der Waals surface area contributed by atoms with Gasteiger partial charge >= 0.3 is 0 Å². The molecular formula is C35H44O7. The predicted octanol–water partition coefficient (Wildman–Crippen LogP) is 5.54. The van der Waals surface area contributed by atoms with Crippen molar-refractivity contribution in [2.75, 3.05) is 13.2 Å². The summed E-state index contributed by atoms with van der Waals surface area (Å²) in [6.07, 6.45) is 8.06. The highest BCUT2D eigenvalue weighted by atomic mass is 16.6. The van der Waals surface area contributed by atoms with Crippen molar-refractivity contribution in [1.82, 2.24) is 0 Å². The zero-order chi connectivity index (χ0) is 28.6. The summed E-state index contributed by atoms with van der Waals surface area (Å²) in [6, 6.07) is 20.5. The van der Waals surface area contributed by atoms with Crippen molar-refractivity contribution in [3.63, 3.8) is 0 Å². The maximum Gasteiger partial charge on any atom is 0.108 e. The van der Waals surface area contributed by atoms with Crippen molar-refractivity contribution in [1.29, 1.82) is 0 Å². The fourth-order valence-electron chi connectivity index (χ4n) is 7.58. The first-order chi connectivity index (χ1) is 20.5. The first-order valence-corrected chi connectivity index (χ1v) is 15.7. The van der Waals surface area contributed by atoms with Crippen LogP contribution in [-0.2, 0) is 46.4 Å². The van der Waals surface area contributed by atoms with Gasteiger partial charge in [-0.3, -0.25) is 0 Å². The van der Waals surface area contributed by atoms with Gasteiger partial charge in [0.2, 0.25) is 0 Å². The maximum absolute atomic E-state index is 6.96. The molecule has 10 atom stereocenters. The van der Waals surface area contributed by atoms with Crippen LogP contribution in [0.15, 0.2) is 72.8 Å². The van der Waals surface area contributed by atoms with E-state index in [1.165, 1.54) is 0 Å². The maximum atomic E-state index is 6.96. The molecule has 7 heteroatoms. The summed E-state index contributed by atoms with van der Waals surface area (Å²) in [7, 11) is 0. The molecule has 42 heavy (non-hydrogen) atoms. The van der Waals surface area contributed by atoms with Crippen LogP contribution in [0.2, 0.25) is 0 Å². The lowest BCUT2D eigenvalue weighted by Crippen LogP contribution is -2.67. The lowest BCUT2D eigenvalue weighted by atomic mass is 9.75.